The van der Waals surface area contributed by atoms with Crippen molar-refractivity contribution < 1.29 is 17.6 Å². The van der Waals surface area contributed by atoms with E-state index in [1.807, 2.05) is 6.92 Å². The normalized spacial score (nSPS) is 20.9. The SMILES string of the molecule is CCS(=O)(=O)N1CCCC(C(=O)NC(C)c2ccc(F)cc2)C1. The second kappa shape index (κ2) is 7.40. The highest BCUT2D eigenvalue weighted by molar-refractivity contribution is 7.89. The van der Waals surface area contributed by atoms with E-state index in [0.29, 0.717) is 19.4 Å². The van der Waals surface area contributed by atoms with Crippen LogP contribution in [0.4, 0.5) is 4.39 Å². The molecule has 0 bridgehead atoms. The van der Waals surface area contributed by atoms with Crippen molar-refractivity contribution in [3.05, 3.63) is 35.6 Å². The quantitative estimate of drug-likeness (QED) is 0.891. The van der Waals surface area contributed by atoms with E-state index in [1.165, 1.54) is 16.4 Å². The van der Waals surface area contributed by atoms with Crippen molar-refractivity contribution in [2.45, 2.75) is 32.7 Å². The third-order valence-corrected chi connectivity index (χ3v) is 6.09. The van der Waals surface area contributed by atoms with Gasteiger partial charge in [-0.25, -0.2) is 17.1 Å². The number of nitrogens with one attached hydrogen (secondary N) is 1. The number of piperidine rings is 1. The summed E-state index contributed by atoms with van der Waals surface area (Å²) in [7, 11) is -3.26. The van der Waals surface area contributed by atoms with E-state index in [2.05, 4.69) is 5.32 Å². The number of hydrogen-bond acceptors (Lipinski definition) is 3. The number of benzene rings is 1. The molecule has 5 nitrogen and oxygen atoms in total. The van der Waals surface area contributed by atoms with E-state index in [-0.39, 0.29) is 36.0 Å². The van der Waals surface area contributed by atoms with Crippen molar-refractivity contribution >= 4 is 15.9 Å². The molecule has 1 aliphatic rings. The average Bonchev–Trinajstić information content (AvgIpc) is 2.55. The molecule has 2 unspecified atom stereocenters. The topological polar surface area (TPSA) is 66.5 Å². The number of amides is 1. The minimum Gasteiger partial charge on any atom is -0.349 e. The van der Waals surface area contributed by atoms with Gasteiger partial charge in [0.2, 0.25) is 15.9 Å². The standard InChI is InChI=1S/C16H23FN2O3S/c1-3-23(21,22)19-10-4-5-14(11-19)16(20)18-12(2)13-6-8-15(17)9-7-13/h6-9,12,14H,3-5,10-11H2,1-2H3,(H,18,20). The second-order valence-corrected chi connectivity index (χ2v) is 8.14. The van der Waals surface area contributed by atoms with Crippen LogP contribution in [0, 0.1) is 11.7 Å². The van der Waals surface area contributed by atoms with Gasteiger partial charge in [0, 0.05) is 13.1 Å². The van der Waals surface area contributed by atoms with Gasteiger partial charge in [-0.3, -0.25) is 4.79 Å². The van der Waals surface area contributed by atoms with E-state index in [0.717, 1.165) is 5.56 Å². The molecule has 128 valence electrons. The van der Waals surface area contributed by atoms with Crippen LogP contribution in [-0.4, -0.2) is 37.5 Å². The van der Waals surface area contributed by atoms with Gasteiger partial charge in [-0.15, -0.1) is 0 Å². The molecule has 1 amide bonds. The molecule has 1 saturated heterocycles. The van der Waals surface area contributed by atoms with Crippen molar-refractivity contribution in [1.82, 2.24) is 9.62 Å². The molecule has 1 aromatic carbocycles. The number of sulfonamides is 1. The van der Waals surface area contributed by atoms with Crippen LogP contribution in [0.3, 0.4) is 0 Å². The molecule has 2 atom stereocenters. The van der Waals surface area contributed by atoms with Gasteiger partial charge >= 0.3 is 0 Å². The van der Waals surface area contributed by atoms with Crippen molar-refractivity contribution in [3.63, 3.8) is 0 Å². The molecule has 1 aromatic rings. The second-order valence-electron chi connectivity index (χ2n) is 5.88. The summed E-state index contributed by atoms with van der Waals surface area (Å²) in [4.78, 5) is 12.4. The largest absolute Gasteiger partial charge is 0.349 e. The molecule has 1 heterocycles. The van der Waals surface area contributed by atoms with E-state index < -0.39 is 10.0 Å². The Bertz CT molecular complexity index is 646. The van der Waals surface area contributed by atoms with Crippen LogP contribution in [0.15, 0.2) is 24.3 Å². The number of nitrogens with zero attached hydrogens (tertiary/aromatic N) is 1. The number of carbonyl (C=O) groups excluding carboxylic acids is 1. The first kappa shape index (κ1) is 17.9. The third kappa shape index (κ3) is 4.51. The zero-order valence-corrected chi connectivity index (χ0v) is 14.3. The molecule has 23 heavy (non-hydrogen) atoms. The Morgan fingerprint density at radius 1 is 1.39 bits per heavy atom. The molecule has 0 radical (unpaired) electrons. The highest BCUT2D eigenvalue weighted by Crippen LogP contribution is 2.21. The lowest BCUT2D eigenvalue weighted by atomic mass is 9.98. The Morgan fingerprint density at radius 2 is 2.04 bits per heavy atom. The number of halogens is 1. The van der Waals surface area contributed by atoms with Gasteiger partial charge in [-0.2, -0.15) is 0 Å². The van der Waals surface area contributed by atoms with Crippen LogP contribution in [0.2, 0.25) is 0 Å². The summed E-state index contributed by atoms with van der Waals surface area (Å²) < 4.78 is 38.3. The van der Waals surface area contributed by atoms with Crippen molar-refractivity contribution in [1.29, 1.82) is 0 Å². The predicted molar refractivity (Wildman–Crippen MR) is 86.7 cm³/mol. The first-order valence-corrected chi connectivity index (χ1v) is 9.48. The van der Waals surface area contributed by atoms with Gasteiger partial charge in [-0.05, 0) is 44.4 Å². The maximum absolute atomic E-state index is 12.9. The average molecular weight is 342 g/mol. The summed E-state index contributed by atoms with van der Waals surface area (Å²) >= 11 is 0. The van der Waals surface area contributed by atoms with Crippen LogP contribution >= 0.6 is 0 Å². The van der Waals surface area contributed by atoms with Crippen molar-refractivity contribution in [2.75, 3.05) is 18.8 Å². The molecular formula is C16H23FN2O3S. The number of hydrogen-bond donors (Lipinski definition) is 1. The fourth-order valence-electron chi connectivity index (χ4n) is 2.76. The zero-order chi connectivity index (χ0) is 17.0. The van der Waals surface area contributed by atoms with Gasteiger partial charge in [0.1, 0.15) is 5.82 Å². The molecule has 0 spiro atoms. The van der Waals surface area contributed by atoms with Crippen LogP contribution < -0.4 is 5.32 Å². The van der Waals surface area contributed by atoms with E-state index in [1.54, 1.807) is 19.1 Å². The lowest BCUT2D eigenvalue weighted by Gasteiger charge is -2.31. The summed E-state index contributed by atoms with van der Waals surface area (Å²) in [5, 5.41) is 2.89. The highest BCUT2D eigenvalue weighted by atomic mass is 32.2. The van der Waals surface area contributed by atoms with E-state index in [9.17, 15) is 17.6 Å². The highest BCUT2D eigenvalue weighted by Gasteiger charge is 2.31. The Hall–Kier alpha value is -1.47. The number of carbonyl (C=O) groups is 1. The van der Waals surface area contributed by atoms with Crippen LogP contribution in [0.1, 0.15) is 38.3 Å². The van der Waals surface area contributed by atoms with Gasteiger partial charge < -0.3 is 5.32 Å². The lowest BCUT2D eigenvalue weighted by Crippen LogP contribution is -2.46. The van der Waals surface area contributed by atoms with Crippen LogP contribution in [0.5, 0.6) is 0 Å². The lowest BCUT2D eigenvalue weighted by molar-refractivity contribution is -0.126. The van der Waals surface area contributed by atoms with Crippen molar-refractivity contribution in [2.24, 2.45) is 5.92 Å². The molecule has 2 rings (SSSR count). The predicted octanol–water partition coefficient (Wildman–Crippen LogP) is 2.06. The molecule has 1 aliphatic heterocycles. The zero-order valence-electron chi connectivity index (χ0n) is 13.5. The molecule has 1 fully saturated rings. The Morgan fingerprint density at radius 3 is 2.65 bits per heavy atom. The molecule has 0 aromatic heterocycles. The Labute approximate surface area is 136 Å². The fourth-order valence-corrected chi connectivity index (χ4v) is 3.94. The fraction of sp³-hybridized carbons (Fsp3) is 0.562. The molecular weight excluding hydrogens is 319 g/mol. The van der Waals surface area contributed by atoms with Crippen molar-refractivity contribution in [3.8, 4) is 0 Å². The minimum atomic E-state index is -3.26. The van der Waals surface area contributed by atoms with E-state index >= 15 is 0 Å². The summed E-state index contributed by atoms with van der Waals surface area (Å²) in [5.74, 6) is -0.765. The van der Waals surface area contributed by atoms with Crippen LogP contribution in [-0.2, 0) is 14.8 Å². The first-order valence-electron chi connectivity index (χ1n) is 7.87. The van der Waals surface area contributed by atoms with Gasteiger partial charge in [0.05, 0.1) is 17.7 Å². The molecule has 1 N–H and O–H groups in total. The third-order valence-electron chi connectivity index (χ3n) is 4.24. The summed E-state index contributed by atoms with van der Waals surface area (Å²) in [6.07, 6.45) is 1.36. The molecule has 0 saturated carbocycles. The van der Waals surface area contributed by atoms with Gasteiger partial charge in [0.25, 0.3) is 0 Å². The minimum absolute atomic E-state index is 0.0489. The maximum atomic E-state index is 12.9. The van der Waals surface area contributed by atoms with Gasteiger partial charge in [0.15, 0.2) is 0 Å². The van der Waals surface area contributed by atoms with Crippen LogP contribution in [0.25, 0.3) is 0 Å². The smallest absolute Gasteiger partial charge is 0.224 e. The maximum Gasteiger partial charge on any atom is 0.224 e. The Kier molecular flexibility index (Phi) is 5.75. The number of rotatable bonds is 5. The molecule has 0 aliphatic carbocycles. The van der Waals surface area contributed by atoms with Gasteiger partial charge in [-0.1, -0.05) is 12.1 Å². The first-order chi connectivity index (χ1) is 10.8. The molecule has 7 heteroatoms. The monoisotopic (exact) mass is 342 g/mol. The van der Waals surface area contributed by atoms with E-state index in [4.69, 9.17) is 0 Å². The summed E-state index contributed by atoms with van der Waals surface area (Å²) in [6.45, 7) is 4.15. The summed E-state index contributed by atoms with van der Waals surface area (Å²) in [5.41, 5.74) is 0.814. The Balaban J connectivity index is 1.98. The summed E-state index contributed by atoms with van der Waals surface area (Å²) in [6, 6.07) is 5.73.